The van der Waals surface area contributed by atoms with E-state index in [1.807, 2.05) is 152 Å². The third kappa shape index (κ3) is 11.0. The van der Waals surface area contributed by atoms with Crippen molar-refractivity contribution in [3.8, 4) is 0 Å². The lowest BCUT2D eigenvalue weighted by Gasteiger charge is -2.49. The Morgan fingerprint density at radius 3 is 1.90 bits per heavy atom. The van der Waals surface area contributed by atoms with Gasteiger partial charge in [0.25, 0.3) is 11.8 Å². The highest BCUT2D eigenvalue weighted by molar-refractivity contribution is 8.03. The first-order valence-electron chi connectivity index (χ1n) is 23.0. The summed E-state index contributed by atoms with van der Waals surface area (Å²) >= 11 is 3.94. The van der Waals surface area contributed by atoms with Crippen LogP contribution in [0.4, 0.5) is 5.13 Å². The van der Waals surface area contributed by atoms with Crippen molar-refractivity contribution in [2.45, 2.75) is 49.4 Å². The number of benzene rings is 5. The number of amides is 2. The molecule has 6 aromatic rings. The molecule has 14 nitrogen and oxygen atoms in total. The molecule has 0 bridgehead atoms. The van der Waals surface area contributed by atoms with Gasteiger partial charge in [0.05, 0.1) is 0 Å². The molecule has 1 fully saturated rings. The number of cyclic esters (lactones) is 1. The topological polar surface area (TPSA) is 175 Å². The van der Waals surface area contributed by atoms with Gasteiger partial charge in [0, 0.05) is 27.9 Å². The number of nitrogens with one attached hydrogen (secondary N) is 2. The minimum Gasteiger partial charge on any atom is -0.457 e. The number of nitrogens with zero attached hydrogens (tertiary/aromatic N) is 3. The quantitative estimate of drug-likeness (QED) is 0.0209. The third-order valence-electron chi connectivity index (χ3n) is 11.7. The number of anilines is 1. The Hall–Kier alpha value is -7.47. The van der Waals surface area contributed by atoms with Gasteiger partial charge in [-0.1, -0.05) is 157 Å². The second-order valence-electron chi connectivity index (χ2n) is 17.7. The van der Waals surface area contributed by atoms with Gasteiger partial charge in [-0.2, -0.15) is 0 Å². The number of ether oxygens (including phenoxy) is 3. The van der Waals surface area contributed by atoms with Crippen molar-refractivity contribution in [1.82, 2.24) is 15.2 Å². The van der Waals surface area contributed by atoms with E-state index in [0.717, 1.165) is 27.8 Å². The zero-order valence-electron chi connectivity index (χ0n) is 39.4. The molecule has 1 aromatic heterocycles. The van der Waals surface area contributed by atoms with Gasteiger partial charge < -0.3 is 29.7 Å². The Labute approximate surface area is 428 Å². The Morgan fingerprint density at radius 2 is 1.38 bits per heavy atom. The van der Waals surface area contributed by atoms with Gasteiger partial charge in [-0.3, -0.25) is 14.5 Å². The molecule has 4 heterocycles. The van der Waals surface area contributed by atoms with Crippen LogP contribution < -0.4 is 10.6 Å². The zero-order chi connectivity index (χ0) is 50.2. The number of carbonyl (C=O) groups excluding carboxylic acids is 5. The van der Waals surface area contributed by atoms with E-state index in [0.29, 0.717) is 21.4 Å². The number of hydrogen-bond acceptors (Lipinski definition) is 15. The van der Waals surface area contributed by atoms with E-state index >= 15 is 0 Å². The third-order valence-corrected chi connectivity index (χ3v) is 14.9. The van der Waals surface area contributed by atoms with Crippen LogP contribution in [0.5, 0.6) is 0 Å². The second kappa shape index (κ2) is 21.9. The average molecular weight is 1020 g/mol. The summed E-state index contributed by atoms with van der Waals surface area (Å²) in [6.45, 7) is 4.66. The molecule has 0 radical (unpaired) electrons. The number of hydrogen-bond donors (Lipinski definition) is 2. The van der Waals surface area contributed by atoms with Crippen molar-refractivity contribution < 1.29 is 43.0 Å². The summed E-state index contributed by atoms with van der Waals surface area (Å²) in [6.07, 6.45) is 0.604. The summed E-state index contributed by atoms with van der Waals surface area (Å²) in [5, 5.41) is 12.1. The molecule has 2 amide bonds. The van der Waals surface area contributed by atoms with E-state index in [4.69, 9.17) is 24.0 Å². The van der Waals surface area contributed by atoms with Crippen LogP contribution in [0.2, 0.25) is 0 Å². The van der Waals surface area contributed by atoms with Crippen LogP contribution in [0.25, 0.3) is 0 Å². The van der Waals surface area contributed by atoms with Gasteiger partial charge in [0.2, 0.25) is 6.61 Å². The molecule has 72 heavy (non-hydrogen) atoms. The molecule has 0 unspecified atom stereocenters. The summed E-state index contributed by atoms with van der Waals surface area (Å²) in [5.74, 6) is -2.68. The first-order chi connectivity index (χ1) is 34.9. The monoisotopic (exact) mass is 1020 g/mol. The fourth-order valence-corrected chi connectivity index (χ4v) is 11.6. The smallest absolute Gasteiger partial charge is 0.356 e. The highest BCUT2D eigenvalue weighted by Crippen LogP contribution is 2.44. The van der Waals surface area contributed by atoms with Crippen LogP contribution in [0.15, 0.2) is 184 Å². The van der Waals surface area contributed by atoms with Crippen LogP contribution in [0, 0.1) is 0 Å². The number of oxime groups is 1. The molecule has 0 spiro atoms. The van der Waals surface area contributed by atoms with E-state index in [2.05, 4.69) is 15.8 Å². The molecule has 366 valence electrons. The number of aromatic nitrogens is 1. The van der Waals surface area contributed by atoms with Crippen molar-refractivity contribution in [2.75, 3.05) is 30.0 Å². The van der Waals surface area contributed by atoms with E-state index in [-0.39, 0.29) is 29.5 Å². The van der Waals surface area contributed by atoms with E-state index in [9.17, 15) is 24.0 Å². The molecule has 9 rings (SSSR count). The average Bonchev–Trinajstić information content (AvgIpc) is 4.05. The number of thiazole rings is 1. The molecule has 3 aliphatic heterocycles. The molecular weight excluding hydrogens is 971 g/mol. The van der Waals surface area contributed by atoms with E-state index < -0.39 is 65.0 Å². The molecule has 5 aromatic carbocycles. The second-order valence-corrected chi connectivity index (χ2v) is 20.8. The normalized spacial score (nSPS) is 16.8. The fourth-order valence-electron chi connectivity index (χ4n) is 8.47. The van der Waals surface area contributed by atoms with Crippen LogP contribution in [0.1, 0.15) is 60.4 Å². The van der Waals surface area contributed by atoms with Gasteiger partial charge in [-0.15, -0.1) is 34.9 Å². The molecule has 2 N–H and O–H groups in total. The maximum absolute atomic E-state index is 14.6. The van der Waals surface area contributed by atoms with Crippen molar-refractivity contribution in [2.24, 2.45) is 5.16 Å². The first-order valence-corrected chi connectivity index (χ1v) is 25.9. The summed E-state index contributed by atoms with van der Waals surface area (Å²) < 4.78 is 16.9. The molecule has 2 atom stereocenters. The largest absolute Gasteiger partial charge is 0.457 e. The minimum atomic E-state index is -1.11. The van der Waals surface area contributed by atoms with Crippen LogP contribution in [-0.2, 0) is 48.6 Å². The summed E-state index contributed by atoms with van der Waals surface area (Å²) in [6, 6.07) is 47.4. The molecule has 3 aliphatic rings. The molecule has 0 saturated carbocycles. The number of rotatable bonds is 18. The molecule has 1 saturated heterocycles. The first kappa shape index (κ1) is 49.5. The van der Waals surface area contributed by atoms with Gasteiger partial charge in [0.15, 0.2) is 16.9 Å². The van der Waals surface area contributed by atoms with Crippen LogP contribution in [0.3, 0.4) is 0 Å². The molecule has 0 aliphatic carbocycles. The van der Waals surface area contributed by atoms with Gasteiger partial charge in [0.1, 0.15) is 40.6 Å². The predicted molar refractivity (Wildman–Crippen MR) is 278 cm³/mol. The van der Waals surface area contributed by atoms with Crippen LogP contribution in [-0.4, -0.2) is 87.1 Å². The summed E-state index contributed by atoms with van der Waals surface area (Å²) in [4.78, 5) is 80.9. The molecular formula is C55H49N5O9S3. The van der Waals surface area contributed by atoms with Crippen molar-refractivity contribution in [3.63, 3.8) is 0 Å². The lowest BCUT2D eigenvalue weighted by atomic mass is 9.77. The number of esters is 3. The van der Waals surface area contributed by atoms with Gasteiger partial charge >= 0.3 is 17.9 Å². The van der Waals surface area contributed by atoms with Crippen molar-refractivity contribution in [3.05, 3.63) is 213 Å². The van der Waals surface area contributed by atoms with E-state index in [1.54, 1.807) is 26.2 Å². The maximum Gasteiger partial charge on any atom is 0.356 e. The molecule has 17 heteroatoms. The Kier molecular flexibility index (Phi) is 15.1. The van der Waals surface area contributed by atoms with Gasteiger partial charge in [-0.25, -0.2) is 19.4 Å². The number of thioether (sulfide) groups is 2. The Bertz CT molecular complexity index is 2900. The number of β-lactam (4-membered cyclic amide) rings is 1. The summed E-state index contributed by atoms with van der Waals surface area (Å²) in [7, 11) is 0. The standard InChI is InChI=1S/C55H49N5O9S3/c1-54(2,3)69-44(62)31-67-59-45(42-34-72-53(56-42)58-55(38-23-13-6-14-24-38,39-25-15-7-16-26-39)40-27-17-8-18-28-40)49(63)57-46-50(64)60-47(37(33-71-51(46)60)32-70-41-29-43(61)66-30-41)52(65)68-48(35-19-9-4-10-20-35)36-21-11-5-12-22-36/h4-29,34,46,48,51H,30-33H2,1-3H3,(H,56,58)(H,57,63)/b59-45-/t46-,51-/m1/s1. The lowest BCUT2D eigenvalue weighted by molar-refractivity contribution is -0.160. The zero-order valence-corrected chi connectivity index (χ0v) is 41.8. The van der Waals surface area contributed by atoms with Crippen molar-refractivity contribution in [1.29, 1.82) is 0 Å². The maximum atomic E-state index is 14.6. The fraction of sp³-hybridized carbons (Fsp3) is 0.218. The van der Waals surface area contributed by atoms with Crippen molar-refractivity contribution >= 4 is 75.4 Å². The SMILES string of the molecule is CC(C)(C)OC(=O)CO/N=C(\C(=O)N[C@@H]1C(=O)N2C(C(=O)OC(c3ccccc3)c3ccccc3)=C(CSC3=CC(=O)OC3)CS[C@H]12)c1csc(NC(c2ccccc2)(c2ccccc2)c2ccccc2)n1. The Morgan fingerprint density at radius 1 is 0.819 bits per heavy atom. The van der Waals surface area contributed by atoms with E-state index in [1.165, 1.54) is 45.8 Å². The highest BCUT2D eigenvalue weighted by atomic mass is 32.2. The highest BCUT2D eigenvalue weighted by Gasteiger charge is 2.55. The Balaban J connectivity index is 1.02. The lowest BCUT2D eigenvalue weighted by Crippen LogP contribution is -2.71. The predicted octanol–water partition coefficient (Wildman–Crippen LogP) is 8.77. The summed E-state index contributed by atoms with van der Waals surface area (Å²) in [5.41, 5.74) is 2.97. The number of fused-ring (bicyclic) bond motifs is 1. The van der Waals surface area contributed by atoms with Gasteiger partial charge in [-0.05, 0) is 54.2 Å². The van der Waals surface area contributed by atoms with Crippen LogP contribution >= 0.6 is 34.9 Å². The number of carbonyl (C=O) groups is 5. The minimum absolute atomic E-state index is 0.0630.